The molecule has 0 bridgehead atoms. The first kappa shape index (κ1) is 20.4. The molecule has 27 heavy (non-hydrogen) atoms. The van der Waals surface area contributed by atoms with Gasteiger partial charge in [-0.2, -0.15) is 13.2 Å². The van der Waals surface area contributed by atoms with E-state index in [1.165, 1.54) is 0 Å². The molecule has 0 aromatic heterocycles. The first-order chi connectivity index (χ1) is 12.7. The summed E-state index contributed by atoms with van der Waals surface area (Å²) in [4.78, 5) is 5.91. The predicted molar refractivity (Wildman–Crippen MR) is 94.2 cm³/mol. The number of hydrogen-bond donors (Lipinski definition) is 2. The third kappa shape index (κ3) is 4.40. The van der Waals surface area contributed by atoms with Gasteiger partial charge in [0.2, 0.25) is 0 Å². The molecule has 0 radical (unpaired) electrons. The summed E-state index contributed by atoms with van der Waals surface area (Å²) in [5.41, 5.74) is -0.264. The molecule has 1 fully saturated rings. The van der Waals surface area contributed by atoms with Gasteiger partial charge < -0.3 is 24.6 Å². The van der Waals surface area contributed by atoms with Crippen LogP contribution in [0.3, 0.4) is 0 Å². The second-order valence-electron chi connectivity index (χ2n) is 6.62. The van der Waals surface area contributed by atoms with Crippen molar-refractivity contribution in [3.8, 4) is 0 Å². The maximum Gasteiger partial charge on any atom is 0.417 e. The third-order valence-electron chi connectivity index (χ3n) is 4.36. The summed E-state index contributed by atoms with van der Waals surface area (Å²) in [6, 6.07) is 7.57. The lowest BCUT2D eigenvalue weighted by Gasteiger charge is -2.41. The van der Waals surface area contributed by atoms with Crippen molar-refractivity contribution in [2.45, 2.75) is 48.7 Å². The van der Waals surface area contributed by atoms with Gasteiger partial charge in [-0.1, -0.05) is 42.1 Å². The van der Waals surface area contributed by atoms with Crippen LogP contribution < -0.4 is 0 Å². The molecule has 2 N–H and O–H groups in total. The Morgan fingerprint density at radius 2 is 1.89 bits per heavy atom. The topological polar surface area (TPSA) is 74.5 Å². The average Bonchev–Trinajstić information content (AvgIpc) is 3.03. The number of alkyl halides is 3. The Labute approximate surface area is 159 Å². The number of aliphatic imine (C=N–C) groups is 1. The number of halogens is 3. The number of aliphatic hydroxyl groups excluding tert-OH is 2. The monoisotopic (exact) mass is 406 g/mol. The van der Waals surface area contributed by atoms with Gasteiger partial charge in [-0.15, -0.1) is 0 Å². The van der Waals surface area contributed by atoms with Crippen molar-refractivity contribution in [3.63, 3.8) is 0 Å². The molecule has 6 atom stereocenters. The zero-order valence-corrected chi connectivity index (χ0v) is 15.5. The molecule has 1 saturated heterocycles. The smallest absolute Gasteiger partial charge is 0.388 e. The second-order valence-corrected chi connectivity index (χ2v) is 7.69. The standard InChI is InChI=1S/C17H21F3N2O4S/c1-22(2)16-21-10-11(23)12(24)13(26-15(10)27-16)14(17(18,19)20)25-8-9-6-4-3-5-7-9/h3-7,10-15,23-24H,8H2,1-2H3/t10-,11-,12+,13?,14-,15-/m1/s1. The van der Waals surface area contributed by atoms with Gasteiger partial charge in [0.1, 0.15) is 29.8 Å². The van der Waals surface area contributed by atoms with Gasteiger partial charge in [0.25, 0.3) is 0 Å². The molecule has 1 aromatic rings. The fourth-order valence-corrected chi connectivity index (χ4v) is 4.12. The Kier molecular flexibility index (Phi) is 6.02. The summed E-state index contributed by atoms with van der Waals surface area (Å²) < 4.78 is 51.5. The lowest BCUT2D eigenvalue weighted by molar-refractivity contribution is -0.286. The SMILES string of the molecule is CN(C)C1=N[C@@H]2[C@@H](O)[C@H](O)C([C@@H](OCc3ccccc3)C(F)(F)F)O[C@@H]2S1. The van der Waals surface area contributed by atoms with Crippen LogP contribution in [0.4, 0.5) is 13.2 Å². The molecule has 0 saturated carbocycles. The van der Waals surface area contributed by atoms with E-state index in [1.807, 2.05) is 0 Å². The molecule has 0 spiro atoms. The second kappa shape index (κ2) is 7.96. The lowest BCUT2D eigenvalue weighted by atomic mass is 9.94. The molecule has 0 amide bonds. The molecule has 1 unspecified atom stereocenters. The fraction of sp³-hybridized carbons (Fsp3) is 0.588. The highest BCUT2D eigenvalue weighted by atomic mass is 32.2. The minimum Gasteiger partial charge on any atom is -0.388 e. The van der Waals surface area contributed by atoms with E-state index in [-0.39, 0.29) is 6.61 Å². The quantitative estimate of drug-likeness (QED) is 0.792. The van der Waals surface area contributed by atoms with Crippen LogP contribution in [0.5, 0.6) is 0 Å². The van der Waals surface area contributed by atoms with Crippen LogP contribution in [0.15, 0.2) is 35.3 Å². The van der Waals surface area contributed by atoms with E-state index in [1.54, 1.807) is 49.3 Å². The van der Waals surface area contributed by atoms with E-state index in [0.717, 1.165) is 11.8 Å². The Morgan fingerprint density at radius 1 is 1.22 bits per heavy atom. The van der Waals surface area contributed by atoms with Crippen molar-refractivity contribution < 1.29 is 32.9 Å². The average molecular weight is 406 g/mol. The molecule has 2 heterocycles. The number of ether oxygens (including phenoxy) is 2. The normalized spacial score (nSPS) is 32.0. The number of amidine groups is 1. The summed E-state index contributed by atoms with van der Waals surface area (Å²) in [7, 11) is 3.45. The van der Waals surface area contributed by atoms with Crippen molar-refractivity contribution in [1.29, 1.82) is 0 Å². The Hall–Kier alpha value is -1.33. The van der Waals surface area contributed by atoms with Gasteiger partial charge in [-0.25, -0.2) is 0 Å². The lowest BCUT2D eigenvalue weighted by Crippen LogP contribution is -2.61. The maximum absolute atomic E-state index is 13.6. The molecule has 3 rings (SSSR count). The van der Waals surface area contributed by atoms with Crippen molar-refractivity contribution in [3.05, 3.63) is 35.9 Å². The van der Waals surface area contributed by atoms with Crippen LogP contribution in [0.25, 0.3) is 0 Å². The first-order valence-corrected chi connectivity index (χ1v) is 9.22. The van der Waals surface area contributed by atoms with E-state index in [0.29, 0.717) is 10.7 Å². The molecule has 1 aromatic carbocycles. The summed E-state index contributed by atoms with van der Waals surface area (Å²) >= 11 is 1.11. The highest BCUT2D eigenvalue weighted by Gasteiger charge is 2.57. The highest BCUT2D eigenvalue weighted by Crippen LogP contribution is 2.40. The molecule has 2 aliphatic heterocycles. The molecule has 6 nitrogen and oxygen atoms in total. The summed E-state index contributed by atoms with van der Waals surface area (Å²) in [6.45, 7) is -0.297. The number of hydrogen-bond acceptors (Lipinski definition) is 7. The fourth-order valence-electron chi connectivity index (χ4n) is 2.98. The summed E-state index contributed by atoms with van der Waals surface area (Å²) in [6.07, 6.45) is -12.2. The number of fused-ring (bicyclic) bond motifs is 1. The van der Waals surface area contributed by atoms with Crippen molar-refractivity contribution >= 4 is 16.9 Å². The Morgan fingerprint density at radius 3 is 2.48 bits per heavy atom. The van der Waals surface area contributed by atoms with Crippen LogP contribution in [0.2, 0.25) is 0 Å². The van der Waals surface area contributed by atoms with Gasteiger partial charge in [-0.3, -0.25) is 4.99 Å². The van der Waals surface area contributed by atoms with Gasteiger partial charge >= 0.3 is 6.18 Å². The molecular formula is C17H21F3N2O4S. The summed E-state index contributed by atoms with van der Waals surface area (Å²) in [5.74, 6) is 0. The highest BCUT2D eigenvalue weighted by molar-refractivity contribution is 8.14. The Bertz CT molecular complexity index is 674. The predicted octanol–water partition coefficient (Wildman–Crippen LogP) is 1.61. The zero-order chi connectivity index (χ0) is 19.8. The van der Waals surface area contributed by atoms with Gasteiger partial charge in [0.05, 0.1) is 6.61 Å². The number of benzene rings is 1. The van der Waals surface area contributed by atoms with Crippen LogP contribution >= 0.6 is 11.8 Å². The maximum atomic E-state index is 13.6. The van der Waals surface area contributed by atoms with Crippen molar-refractivity contribution in [2.24, 2.45) is 4.99 Å². The minimum absolute atomic E-state index is 0.297. The molecule has 150 valence electrons. The largest absolute Gasteiger partial charge is 0.417 e. The van der Waals surface area contributed by atoms with E-state index >= 15 is 0 Å². The van der Waals surface area contributed by atoms with Gasteiger partial charge in [0.15, 0.2) is 11.3 Å². The zero-order valence-electron chi connectivity index (χ0n) is 14.7. The minimum atomic E-state index is -4.78. The molecule has 10 heteroatoms. The van der Waals surface area contributed by atoms with E-state index in [9.17, 15) is 23.4 Å². The molecule has 0 aliphatic carbocycles. The van der Waals surface area contributed by atoms with Crippen LogP contribution in [-0.2, 0) is 16.1 Å². The number of nitrogens with zero attached hydrogens (tertiary/aromatic N) is 2. The molecule has 2 aliphatic rings. The van der Waals surface area contributed by atoms with Crippen LogP contribution in [-0.4, -0.2) is 76.4 Å². The van der Waals surface area contributed by atoms with Crippen LogP contribution in [0, 0.1) is 0 Å². The number of rotatable bonds is 4. The summed E-state index contributed by atoms with van der Waals surface area (Å²) in [5, 5.41) is 21.1. The van der Waals surface area contributed by atoms with Gasteiger partial charge in [0, 0.05) is 14.1 Å². The van der Waals surface area contributed by atoms with E-state index in [2.05, 4.69) is 4.99 Å². The third-order valence-corrected chi connectivity index (χ3v) is 5.67. The van der Waals surface area contributed by atoms with Crippen LogP contribution in [0.1, 0.15) is 5.56 Å². The molecular weight excluding hydrogens is 385 g/mol. The first-order valence-electron chi connectivity index (χ1n) is 8.34. The number of aliphatic hydroxyl groups is 2. The Balaban J connectivity index is 1.77. The van der Waals surface area contributed by atoms with Crippen molar-refractivity contribution in [1.82, 2.24) is 4.90 Å². The van der Waals surface area contributed by atoms with E-state index < -0.39 is 42.1 Å². The van der Waals surface area contributed by atoms with Crippen molar-refractivity contribution in [2.75, 3.05) is 14.1 Å². The van der Waals surface area contributed by atoms with Gasteiger partial charge in [-0.05, 0) is 5.56 Å². The number of thioether (sulfide) groups is 1. The van der Waals surface area contributed by atoms with E-state index in [4.69, 9.17) is 9.47 Å².